The molecule has 5 nitrogen and oxygen atoms in total. The smallest absolute Gasteiger partial charge is 0.355 e. The Labute approximate surface area is 136 Å². The maximum atomic E-state index is 11.4. The molecule has 0 saturated carbocycles. The van der Waals surface area contributed by atoms with Crippen molar-refractivity contribution in [2.24, 2.45) is 0 Å². The van der Waals surface area contributed by atoms with Crippen molar-refractivity contribution in [2.45, 2.75) is 0 Å². The maximum absolute atomic E-state index is 11.4. The van der Waals surface area contributed by atoms with Gasteiger partial charge in [0.2, 0.25) is 0 Å². The minimum Gasteiger partial charge on any atom is -0.457 e. The number of thioether (sulfide) groups is 2. The molecule has 0 aromatic rings. The van der Waals surface area contributed by atoms with Gasteiger partial charge in [-0.15, -0.1) is 30.1 Å². The van der Waals surface area contributed by atoms with Crippen LogP contribution in [0.15, 0.2) is 12.7 Å². The quantitative estimate of drug-likeness (QED) is 0.245. The molecule has 0 aliphatic rings. The van der Waals surface area contributed by atoms with Gasteiger partial charge >= 0.3 is 11.9 Å². The Kier molecular flexibility index (Phi) is 11.5. The van der Waals surface area contributed by atoms with E-state index in [-0.39, 0.29) is 21.6 Å². The second kappa shape index (κ2) is 12.0. The highest BCUT2D eigenvalue weighted by Gasteiger charge is 2.13. The Morgan fingerprint density at radius 1 is 1.05 bits per heavy atom. The van der Waals surface area contributed by atoms with Crippen LogP contribution in [-0.4, -0.2) is 51.3 Å². The topological polar surface area (TPSA) is 76.5 Å². The Balaban J connectivity index is 3.79. The Bertz CT molecular complexity index is 373. The average molecular weight is 351 g/mol. The summed E-state index contributed by atoms with van der Waals surface area (Å²) < 4.78 is 9.75. The summed E-state index contributed by atoms with van der Waals surface area (Å²) in [7, 11) is 0. The molecule has 20 heavy (non-hydrogen) atoms. The van der Waals surface area contributed by atoms with Gasteiger partial charge in [0.15, 0.2) is 8.39 Å². The zero-order valence-corrected chi connectivity index (χ0v) is 13.7. The Morgan fingerprint density at radius 3 is 1.90 bits per heavy atom. The lowest BCUT2D eigenvalue weighted by molar-refractivity contribution is -0.143. The predicted molar refractivity (Wildman–Crippen MR) is 91.0 cm³/mol. The summed E-state index contributed by atoms with van der Waals surface area (Å²) >= 11 is 11.8. The first-order valence-corrected chi connectivity index (χ1v) is 8.09. The van der Waals surface area contributed by atoms with E-state index in [0.29, 0.717) is 11.5 Å². The highest BCUT2D eigenvalue weighted by atomic mass is 32.2. The van der Waals surface area contributed by atoms with Crippen LogP contribution in [0.25, 0.3) is 0 Å². The molecule has 9 heteroatoms. The molecule has 0 aromatic carbocycles. The molecule has 0 saturated heterocycles. The first-order valence-electron chi connectivity index (χ1n) is 5.30. The molecule has 0 aliphatic heterocycles. The zero-order valence-electron chi connectivity index (χ0n) is 10.5. The number of nitrogens with one attached hydrogen (secondary N) is 1. The highest BCUT2D eigenvalue weighted by Crippen LogP contribution is 2.06. The van der Waals surface area contributed by atoms with Crippen molar-refractivity contribution >= 4 is 74.5 Å². The normalized spacial score (nSPS) is 9.40. The summed E-state index contributed by atoms with van der Waals surface area (Å²) in [6, 6.07) is 0. The van der Waals surface area contributed by atoms with E-state index in [9.17, 15) is 9.59 Å². The third-order valence-electron chi connectivity index (χ3n) is 1.51. The maximum Gasteiger partial charge on any atom is 0.355 e. The zero-order chi connectivity index (χ0) is 15.4. The minimum absolute atomic E-state index is 0.0388. The molecule has 0 unspecified atom stereocenters. The van der Waals surface area contributed by atoms with Crippen LogP contribution >= 0.6 is 48.0 Å². The van der Waals surface area contributed by atoms with E-state index in [4.69, 9.17) is 39.3 Å². The van der Waals surface area contributed by atoms with Gasteiger partial charge in [-0.25, -0.2) is 9.59 Å². The molecule has 0 aliphatic carbocycles. The van der Waals surface area contributed by atoms with Crippen molar-refractivity contribution in [2.75, 3.05) is 24.7 Å². The van der Waals surface area contributed by atoms with Crippen molar-refractivity contribution < 1.29 is 19.1 Å². The molecule has 0 heterocycles. The van der Waals surface area contributed by atoms with E-state index in [1.54, 1.807) is 6.08 Å². The van der Waals surface area contributed by atoms with Crippen LogP contribution in [0, 0.1) is 5.41 Å². The fourth-order valence-electron chi connectivity index (χ4n) is 0.756. The number of ether oxygens (including phenoxy) is 2. The lowest BCUT2D eigenvalue weighted by Gasteiger charge is -2.06. The lowest BCUT2D eigenvalue weighted by Crippen LogP contribution is -2.20. The number of hydrogen-bond donors (Lipinski definition) is 1. The number of rotatable bonds is 7. The first-order chi connectivity index (χ1) is 9.52. The number of esters is 2. The third-order valence-corrected chi connectivity index (χ3v) is 4.15. The summed E-state index contributed by atoms with van der Waals surface area (Å²) in [6.07, 6.45) is 2.76. The molecule has 0 rings (SSSR count). The van der Waals surface area contributed by atoms with Crippen LogP contribution in [0.3, 0.4) is 0 Å². The molecule has 110 valence electrons. The standard InChI is InChI=1S/C11H13NO4S4/c1-2-6-19-10(17)8(13)15-4-5-16-9(14)11(18)20-7-3-12/h2-3,12H,1,4-7H2. The summed E-state index contributed by atoms with van der Waals surface area (Å²) in [6.45, 7) is 3.33. The van der Waals surface area contributed by atoms with Gasteiger partial charge < -0.3 is 14.9 Å². The van der Waals surface area contributed by atoms with Crippen molar-refractivity contribution in [3.63, 3.8) is 0 Å². The molecule has 0 aromatic heterocycles. The molecule has 0 radical (unpaired) electrons. The van der Waals surface area contributed by atoms with Crippen LogP contribution in [0.2, 0.25) is 0 Å². The van der Waals surface area contributed by atoms with E-state index in [2.05, 4.69) is 6.58 Å². The van der Waals surface area contributed by atoms with Gasteiger partial charge in [-0.05, 0) is 0 Å². The average Bonchev–Trinajstić information content (AvgIpc) is 2.45. The summed E-state index contributed by atoms with van der Waals surface area (Å²) in [4.78, 5) is 22.7. The molecule has 0 spiro atoms. The number of hydrogen-bond acceptors (Lipinski definition) is 9. The van der Waals surface area contributed by atoms with Gasteiger partial charge in [0.05, 0.1) is 0 Å². The molecular weight excluding hydrogens is 338 g/mol. The number of thiocarbonyl (C=S) groups is 2. The fraction of sp³-hybridized carbons (Fsp3) is 0.364. The molecule has 0 bridgehead atoms. The molecule has 0 atom stereocenters. The second-order valence-corrected chi connectivity index (χ2v) is 6.36. The third kappa shape index (κ3) is 9.18. The van der Waals surface area contributed by atoms with Gasteiger partial charge in [0, 0.05) is 17.7 Å². The fourth-order valence-corrected chi connectivity index (χ4v) is 2.14. The van der Waals surface area contributed by atoms with Gasteiger partial charge in [-0.1, -0.05) is 30.5 Å². The largest absolute Gasteiger partial charge is 0.457 e. The predicted octanol–water partition coefficient (Wildman–Crippen LogP) is 2.03. The van der Waals surface area contributed by atoms with Crippen molar-refractivity contribution in [3.05, 3.63) is 12.7 Å². The highest BCUT2D eigenvalue weighted by molar-refractivity contribution is 8.25. The van der Waals surface area contributed by atoms with E-state index >= 15 is 0 Å². The van der Waals surface area contributed by atoms with Gasteiger partial charge in [-0.2, -0.15) is 0 Å². The summed E-state index contributed by atoms with van der Waals surface area (Å²) in [5.74, 6) is -0.436. The minimum atomic E-state index is -0.661. The van der Waals surface area contributed by atoms with Crippen molar-refractivity contribution in [1.29, 1.82) is 5.41 Å². The molecule has 0 amide bonds. The van der Waals surface area contributed by atoms with Crippen LogP contribution in [0.5, 0.6) is 0 Å². The van der Waals surface area contributed by atoms with Crippen LogP contribution in [0.4, 0.5) is 0 Å². The van der Waals surface area contributed by atoms with Crippen LogP contribution in [-0.2, 0) is 19.1 Å². The van der Waals surface area contributed by atoms with Gasteiger partial charge in [0.25, 0.3) is 0 Å². The van der Waals surface area contributed by atoms with E-state index < -0.39 is 11.9 Å². The van der Waals surface area contributed by atoms with Crippen molar-refractivity contribution in [1.82, 2.24) is 0 Å². The lowest BCUT2D eigenvalue weighted by atomic mass is 10.7. The van der Waals surface area contributed by atoms with Crippen molar-refractivity contribution in [3.8, 4) is 0 Å². The monoisotopic (exact) mass is 351 g/mol. The molecule has 0 fully saturated rings. The van der Waals surface area contributed by atoms with E-state index in [1.165, 1.54) is 0 Å². The summed E-state index contributed by atoms with van der Waals surface area (Å²) in [5, 5.41) is 6.80. The van der Waals surface area contributed by atoms with E-state index in [0.717, 1.165) is 29.7 Å². The Morgan fingerprint density at radius 2 is 1.50 bits per heavy atom. The van der Waals surface area contributed by atoms with Gasteiger partial charge in [-0.3, -0.25) is 0 Å². The van der Waals surface area contributed by atoms with E-state index in [1.807, 2.05) is 0 Å². The number of carbonyl (C=O) groups is 2. The Hall–Kier alpha value is -0.770. The van der Waals surface area contributed by atoms with Gasteiger partial charge in [0.1, 0.15) is 13.2 Å². The summed E-state index contributed by atoms with van der Waals surface area (Å²) in [5.41, 5.74) is 0. The first kappa shape index (κ1) is 19.2. The van der Waals surface area contributed by atoms with Crippen LogP contribution in [0.1, 0.15) is 0 Å². The molecule has 1 N–H and O–H groups in total. The molecular formula is C11H13NO4S4. The number of carbonyl (C=O) groups excluding carboxylic acids is 2. The SMILES string of the molecule is C=CCSC(=S)C(=O)OCCOC(=O)C(=S)SCC=N. The van der Waals surface area contributed by atoms with Crippen LogP contribution < -0.4 is 0 Å². The second-order valence-electron chi connectivity index (χ2n) is 2.96.